The zero-order chi connectivity index (χ0) is 21.6. The summed E-state index contributed by atoms with van der Waals surface area (Å²) in [6, 6.07) is 14.9. The molecular weight excluding hydrogens is 326 g/mol. The number of aryl methyl sites for hydroxylation is 3. The first-order chi connectivity index (χ1) is 13.1. The van der Waals surface area contributed by atoms with Gasteiger partial charge in [0.1, 0.15) is 6.07 Å². The first-order valence-electron chi connectivity index (χ1n) is 10.5. The van der Waals surface area contributed by atoms with Crippen LogP contribution in [0.3, 0.4) is 0 Å². The molecule has 0 radical (unpaired) electrons. The van der Waals surface area contributed by atoms with Gasteiger partial charge in [0.05, 0.1) is 5.56 Å². The summed E-state index contributed by atoms with van der Waals surface area (Å²) in [7, 11) is 0. The number of benzene rings is 3. The molecule has 0 fully saturated rings. The van der Waals surface area contributed by atoms with E-state index in [0.29, 0.717) is 0 Å². The first-order valence-corrected chi connectivity index (χ1v) is 10.5. The molecule has 0 aliphatic rings. The zero-order valence-electron chi connectivity index (χ0n) is 19.4. The largest absolute Gasteiger partial charge is 0.192 e. The summed E-state index contributed by atoms with van der Waals surface area (Å²) in [5.74, 6) is 0. The molecule has 3 aromatic carbocycles. The Hall–Kier alpha value is -2.33. The van der Waals surface area contributed by atoms with Crippen LogP contribution in [0.4, 0.5) is 0 Å². The fourth-order valence-corrected chi connectivity index (χ4v) is 2.77. The van der Waals surface area contributed by atoms with E-state index in [2.05, 4.69) is 45.0 Å². The molecule has 0 amide bonds. The molecule has 148 valence electrons. The molecule has 1 heteroatoms. The quantitative estimate of drug-likeness (QED) is 0.365. The number of hydrogen-bond donors (Lipinski definition) is 0. The second-order valence-corrected chi connectivity index (χ2v) is 5.14. The fourth-order valence-electron chi connectivity index (χ4n) is 2.77. The third-order valence-corrected chi connectivity index (χ3v) is 4.02. The molecule has 0 heterocycles. The minimum absolute atomic E-state index is 0.791. The van der Waals surface area contributed by atoms with Crippen LogP contribution in [-0.2, 0) is 0 Å². The molecule has 0 saturated heterocycles. The smallest absolute Gasteiger partial charge is 0.100 e. The lowest BCUT2D eigenvalue weighted by Crippen LogP contribution is -1.91. The summed E-state index contributed by atoms with van der Waals surface area (Å²) in [6.45, 7) is 22.4. The molecule has 0 aromatic heterocycles. The molecule has 0 spiro atoms. The zero-order valence-corrected chi connectivity index (χ0v) is 19.4. The van der Waals surface area contributed by atoms with Gasteiger partial charge < -0.3 is 0 Å². The number of nitrogens with zero attached hydrogens (tertiary/aromatic N) is 1. The van der Waals surface area contributed by atoms with Crippen molar-refractivity contribution in [3.63, 3.8) is 0 Å². The summed E-state index contributed by atoms with van der Waals surface area (Å²) in [5.41, 5.74) is 4.56. The van der Waals surface area contributed by atoms with E-state index in [0.717, 1.165) is 16.3 Å². The maximum atomic E-state index is 9.53. The van der Waals surface area contributed by atoms with Crippen LogP contribution in [-0.4, -0.2) is 0 Å². The lowest BCUT2D eigenvalue weighted by Gasteiger charge is -2.12. The molecule has 27 heavy (non-hydrogen) atoms. The van der Waals surface area contributed by atoms with Gasteiger partial charge in [-0.1, -0.05) is 85.7 Å². The van der Waals surface area contributed by atoms with Crippen LogP contribution in [0.2, 0.25) is 0 Å². The Kier molecular flexibility index (Phi) is 14.7. The molecule has 0 saturated carbocycles. The lowest BCUT2D eigenvalue weighted by atomic mass is 9.90. The Morgan fingerprint density at radius 1 is 0.593 bits per heavy atom. The van der Waals surface area contributed by atoms with Crippen molar-refractivity contribution >= 4 is 21.5 Å². The fraction of sp³-hybridized carbons (Fsp3) is 0.423. The third kappa shape index (κ3) is 6.10. The Labute approximate surface area is 168 Å². The van der Waals surface area contributed by atoms with Crippen LogP contribution in [0.1, 0.15) is 77.6 Å². The minimum atomic E-state index is 0.791. The van der Waals surface area contributed by atoms with Crippen molar-refractivity contribution in [1.82, 2.24) is 0 Å². The van der Waals surface area contributed by atoms with Gasteiger partial charge in [-0.25, -0.2) is 0 Å². The summed E-state index contributed by atoms with van der Waals surface area (Å²) >= 11 is 0. The van der Waals surface area contributed by atoms with E-state index in [1.165, 1.54) is 27.5 Å². The van der Waals surface area contributed by atoms with Gasteiger partial charge in [0.15, 0.2) is 0 Å². The normalized spacial score (nSPS) is 8.52. The van der Waals surface area contributed by atoms with Gasteiger partial charge in [-0.05, 0) is 54.3 Å². The van der Waals surface area contributed by atoms with Gasteiger partial charge in [0.2, 0.25) is 0 Å². The maximum absolute atomic E-state index is 9.53. The van der Waals surface area contributed by atoms with Crippen molar-refractivity contribution in [2.75, 3.05) is 0 Å². The van der Waals surface area contributed by atoms with Crippen LogP contribution in [0.15, 0.2) is 36.4 Å². The molecule has 0 aliphatic heterocycles. The highest BCUT2D eigenvalue weighted by Crippen LogP contribution is 2.33. The molecular formula is C26H39N. The average Bonchev–Trinajstić information content (AvgIpc) is 2.76. The van der Waals surface area contributed by atoms with Crippen LogP contribution in [0.5, 0.6) is 0 Å². The maximum Gasteiger partial charge on any atom is 0.100 e. The summed E-state index contributed by atoms with van der Waals surface area (Å²) < 4.78 is 0. The predicted molar refractivity (Wildman–Crippen MR) is 126 cm³/mol. The molecule has 3 rings (SSSR count). The van der Waals surface area contributed by atoms with Crippen molar-refractivity contribution in [1.29, 1.82) is 5.26 Å². The Morgan fingerprint density at radius 2 is 1.00 bits per heavy atom. The van der Waals surface area contributed by atoms with Gasteiger partial charge >= 0.3 is 0 Å². The van der Waals surface area contributed by atoms with E-state index >= 15 is 0 Å². The molecule has 0 atom stereocenters. The topological polar surface area (TPSA) is 23.8 Å². The van der Waals surface area contributed by atoms with E-state index in [1.54, 1.807) is 0 Å². The van der Waals surface area contributed by atoms with Crippen LogP contribution < -0.4 is 0 Å². The van der Waals surface area contributed by atoms with E-state index in [1.807, 2.05) is 73.6 Å². The second-order valence-electron chi connectivity index (χ2n) is 5.14. The van der Waals surface area contributed by atoms with Gasteiger partial charge in [0, 0.05) is 10.8 Å². The number of rotatable bonds is 0. The average molecular weight is 366 g/mol. The van der Waals surface area contributed by atoms with Crippen molar-refractivity contribution in [3.8, 4) is 6.07 Å². The summed E-state index contributed by atoms with van der Waals surface area (Å²) in [4.78, 5) is 0. The molecule has 0 aliphatic carbocycles. The highest BCUT2D eigenvalue weighted by atomic mass is 14.3. The monoisotopic (exact) mass is 365 g/mol. The van der Waals surface area contributed by atoms with Crippen molar-refractivity contribution in [2.45, 2.75) is 76.2 Å². The Balaban J connectivity index is 0. The highest BCUT2D eigenvalue weighted by molar-refractivity contribution is 6.07. The van der Waals surface area contributed by atoms with Crippen LogP contribution >= 0.6 is 0 Å². The highest BCUT2D eigenvalue weighted by Gasteiger charge is 2.11. The second kappa shape index (κ2) is 14.8. The number of nitriles is 1. The van der Waals surface area contributed by atoms with Crippen molar-refractivity contribution < 1.29 is 0 Å². The van der Waals surface area contributed by atoms with E-state index < -0.39 is 0 Å². The molecule has 3 aromatic rings. The van der Waals surface area contributed by atoms with Crippen LogP contribution in [0, 0.1) is 32.1 Å². The molecule has 0 unspecified atom stereocenters. The van der Waals surface area contributed by atoms with E-state index in [9.17, 15) is 5.26 Å². The van der Waals surface area contributed by atoms with E-state index in [4.69, 9.17) is 0 Å². The minimum Gasteiger partial charge on any atom is -0.192 e. The standard InChI is InChI=1S/C18H15N.4C2H6/c1-11-8-16-13(3)14-6-4-5-7-15(14)18(10-19)17(16)9-12(11)2;4*1-2/h4-9H,1-3H3;4*1-2H3. The number of fused-ring (bicyclic) bond motifs is 2. The van der Waals surface area contributed by atoms with Gasteiger partial charge in [0.25, 0.3) is 0 Å². The molecule has 0 N–H and O–H groups in total. The first kappa shape index (κ1) is 26.9. The molecule has 0 bridgehead atoms. The lowest BCUT2D eigenvalue weighted by molar-refractivity contribution is 1.36. The SMILES string of the molecule is CC.CC.CC.CC.Cc1cc2c(C)c3ccccc3c(C#N)c2cc1C. The van der Waals surface area contributed by atoms with Gasteiger partial charge in [-0.3, -0.25) is 0 Å². The number of hydrogen-bond acceptors (Lipinski definition) is 1. The molecule has 1 nitrogen and oxygen atoms in total. The van der Waals surface area contributed by atoms with Crippen molar-refractivity contribution in [2.24, 2.45) is 0 Å². The Morgan fingerprint density at radius 3 is 1.44 bits per heavy atom. The Bertz CT molecular complexity index is 852. The summed E-state index contributed by atoms with van der Waals surface area (Å²) in [6.07, 6.45) is 0. The van der Waals surface area contributed by atoms with E-state index in [-0.39, 0.29) is 0 Å². The van der Waals surface area contributed by atoms with Crippen LogP contribution in [0.25, 0.3) is 21.5 Å². The van der Waals surface area contributed by atoms with Gasteiger partial charge in [-0.2, -0.15) is 5.26 Å². The van der Waals surface area contributed by atoms with Gasteiger partial charge in [-0.15, -0.1) is 0 Å². The third-order valence-electron chi connectivity index (χ3n) is 4.02. The van der Waals surface area contributed by atoms with Crippen molar-refractivity contribution in [3.05, 3.63) is 58.7 Å². The predicted octanol–water partition coefficient (Wildman–Crippen LogP) is 8.89. The summed E-state index contributed by atoms with van der Waals surface area (Å²) in [5, 5.41) is 14.0.